The Morgan fingerprint density at radius 3 is 2.53 bits per heavy atom. The van der Waals surface area contributed by atoms with Crippen LogP contribution in [0.3, 0.4) is 0 Å². The maximum absolute atomic E-state index is 10.6. The zero-order valence-electron chi connectivity index (χ0n) is 19.9. The third kappa shape index (κ3) is 6.44. The molecular weight excluding hydrogens is 398 g/mol. The fourth-order valence-electron chi connectivity index (χ4n) is 4.04. The molecule has 0 bridgehead atoms. The molecule has 0 saturated heterocycles. The van der Waals surface area contributed by atoms with Crippen LogP contribution in [0, 0.1) is 6.92 Å². The van der Waals surface area contributed by atoms with Gasteiger partial charge in [0.1, 0.15) is 11.4 Å². The molecule has 2 aromatic carbocycles. The zero-order valence-corrected chi connectivity index (χ0v) is 19.9. The average molecular weight is 436 g/mol. The minimum absolute atomic E-state index is 0.320. The van der Waals surface area contributed by atoms with Crippen LogP contribution in [0.15, 0.2) is 54.6 Å². The van der Waals surface area contributed by atoms with Crippen molar-refractivity contribution in [1.82, 2.24) is 14.7 Å². The Bertz CT molecular complexity index is 968. The van der Waals surface area contributed by atoms with Gasteiger partial charge in [-0.05, 0) is 44.0 Å². The highest BCUT2D eigenvalue weighted by molar-refractivity contribution is 5.65. The lowest BCUT2D eigenvalue weighted by Crippen LogP contribution is -2.33. The van der Waals surface area contributed by atoms with Gasteiger partial charge in [0, 0.05) is 25.7 Å². The molecule has 0 fully saturated rings. The number of aliphatic hydroxyl groups excluding tert-OH is 1. The Morgan fingerprint density at radius 1 is 1.06 bits per heavy atom. The predicted octanol–water partition coefficient (Wildman–Crippen LogP) is 5.95. The summed E-state index contributed by atoms with van der Waals surface area (Å²) >= 11 is 0. The van der Waals surface area contributed by atoms with Gasteiger partial charge in [0.25, 0.3) is 0 Å². The maximum atomic E-state index is 10.6. The third-order valence-electron chi connectivity index (χ3n) is 5.62. The number of aromatic nitrogens is 2. The summed E-state index contributed by atoms with van der Waals surface area (Å²) in [6, 6.07) is 18.3. The first kappa shape index (κ1) is 24.0. The van der Waals surface area contributed by atoms with E-state index in [1.54, 1.807) is 0 Å². The minimum Gasteiger partial charge on any atom is -0.439 e. The Hall–Kier alpha value is -2.63. The van der Waals surface area contributed by atoms with Gasteiger partial charge < -0.3 is 9.84 Å². The summed E-state index contributed by atoms with van der Waals surface area (Å²) in [5, 5.41) is 15.4. The lowest BCUT2D eigenvalue weighted by atomic mass is 10.1. The molecule has 0 aliphatic rings. The van der Waals surface area contributed by atoms with Crippen molar-refractivity contribution in [2.75, 3.05) is 13.1 Å². The Balaban J connectivity index is 1.96. The molecule has 1 aromatic heterocycles. The summed E-state index contributed by atoms with van der Waals surface area (Å²) in [6.07, 6.45) is 3.68. The topological polar surface area (TPSA) is 50.5 Å². The predicted molar refractivity (Wildman–Crippen MR) is 131 cm³/mol. The molecule has 1 atom stereocenters. The molecule has 32 heavy (non-hydrogen) atoms. The third-order valence-corrected chi connectivity index (χ3v) is 5.62. The standard InChI is InChI=1S/C27H37N3O2/c1-5-7-15-23(31)19-30(17-6-2)20-25-26(22-13-9-8-10-14-22)28-29(4)27(25)32-24-16-11-12-21(3)18-24/h8-14,16,18,23,31H,5-7,15,17,19-20H2,1-4H3/t23-/m0/s1. The summed E-state index contributed by atoms with van der Waals surface area (Å²) in [5.41, 5.74) is 4.21. The second kappa shape index (κ2) is 11.8. The van der Waals surface area contributed by atoms with Gasteiger partial charge in [-0.1, -0.05) is 69.2 Å². The lowest BCUT2D eigenvalue weighted by molar-refractivity contribution is 0.0992. The monoisotopic (exact) mass is 435 g/mol. The highest BCUT2D eigenvalue weighted by Crippen LogP contribution is 2.34. The molecule has 0 saturated carbocycles. The molecule has 3 rings (SSSR count). The SMILES string of the molecule is CCCC[C@H](O)CN(CCC)Cc1c(-c2ccccc2)nn(C)c1Oc1cccc(C)c1. The number of aliphatic hydroxyl groups is 1. The molecule has 0 aliphatic carbocycles. The summed E-state index contributed by atoms with van der Waals surface area (Å²) in [4.78, 5) is 2.33. The zero-order chi connectivity index (χ0) is 22.9. The van der Waals surface area contributed by atoms with Gasteiger partial charge >= 0.3 is 0 Å². The number of aryl methyl sites for hydroxylation is 2. The maximum Gasteiger partial charge on any atom is 0.222 e. The Labute approximate surface area is 192 Å². The Kier molecular flexibility index (Phi) is 8.89. The van der Waals surface area contributed by atoms with Crippen LogP contribution in [-0.4, -0.2) is 39.0 Å². The number of hydrogen-bond donors (Lipinski definition) is 1. The molecule has 0 radical (unpaired) electrons. The van der Waals surface area contributed by atoms with Crippen molar-refractivity contribution in [2.24, 2.45) is 7.05 Å². The van der Waals surface area contributed by atoms with E-state index >= 15 is 0 Å². The number of ether oxygens (including phenoxy) is 1. The van der Waals surface area contributed by atoms with E-state index in [9.17, 15) is 5.11 Å². The van der Waals surface area contributed by atoms with E-state index in [1.165, 1.54) is 0 Å². The number of unbranched alkanes of at least 4 members (excludes halogenated alkanes) is 1. The van der Waals surface area contributed by atoms with Crippen molar-refractivity contribution >= 4 is 0 Å². The fourth-order valence-corrected chi connectivity index (χ4v) is 4.04. The van der Waals surface area contributed by atoms with Crippen LogP contribution in [0.4, 0.5) is 0 Å². The number of nitrogens with zero attached hydrogens (tertiary/aromatic N) is 3. The Morgan fingerprint density at radius 2 is 1.84 bits per heavy atom. The quantitative estimate of drug-likeness (QED) is 0.382. The van der Waals surface area contributed by atoms with Crippen LogP contribution in [-0.2, 0) is 13.6 Å². The number of benzene rings is 2. The van der Waals surface area contributed by atoms with Crippen molar-refractivity contribution in [3.63, 3.8) is 0 Å². The summed E-state index contributed by atoms with van der Waals surface area (Å²) in [5.74, 6) is 1.55. The van der Waals surface area contributed by atoms with Gasteiger partial charge in [-0.25, -0.2) is 4.68 Å². The molecular formula is C27H37N3O2. The van der Waals surface area contributed by atoms with Gasteiger partial charge in [-0.2, -0.15) is 5.10 Å². The van der Waals surface area contributed by atoms with Crippen LogP contribution in [0.1, 0.15) is 50.7 Å². The van der Waals surface area contributed by atoms with Crippen LogP contribution in [0.2, 0.25) is 0 Å². The first-order valence-corrected chi connectivity index (χ1v) is 11.8. The van der Waals surface area contributed by atoms with Crippen LogP contribution < -0.4 is 4.74 Å². The van der Waals surface area contributed by atoms with Crippen molar-refractivity contribution in [3.05, 3.63) is 65.7 Å². The number of hydrogen-bond acceptors (Lipinski definition) is 4. The van der Waals surface area contributed by atoms with Crippen molar-refractivity contribution in [3.8, 4) is 22.9 Å². The van der Waals surface area contributed by atoms with E-state index in [-0.39, 0.29) is 6.10 Å². The lowest BCUT2D eigenvalue weighted by Gasteiger charge is -2.25. The second-order valence-electron chi connectivity index (χ2n) is 8.57. The summed E-state index contributed by atoms with van der Waals surface area (Å²) in [6.45, 7) is 8.64. The van der Waals surface area contributed by atoms with Crippen LogP contribution in [0.25, 0.3) is 11.3 Å². The smallest absolute Gasteiger partial charge is 0.222 e. The second-order valence-corrected chi connectivity index (χ2v) is 8.57. The molecule has 172 valence electrons. The first-order valence-electron chi connectivity index (χ1n) is 11.8. The molecule has 1 N–H and O–H groups in total. The van der Waals surface area contributed by atoms with E-state index in [1.807, 2.05) is 48.1 Å². The minimum atomic E-state index is -0.320. The van der Waals surface area contributed by atoms with E-state index in [4.69, 9.17) is 9.84 Å². The highest BCUT2D eigenvalue weighted by Gasteiger charge is 2.23. The fraction of sp³-hybridized carbons (Fsp3) is 0.444. The molecule has 0 spiro atoms. The molecule has 1 heterocycles. The highest BCUT2D eigenvalue weighted by atomic mass is 16.5. The first-order chi connectivity index (χ1) is 15.5. The molecule has 3 aromatic rings. The van der Waals surface area contributed by atoms with Crippen molar-refractivity contribution < 1.29 is 9.84 Å². The van der Waals surface area contributed by atoms with Gasteiger partial charge in [-0.3, -0.25) is 4.90 Å². The summed E-state index contributed by atoms with van der Waals surface area (Å²) < 4.78 is 8.21. The average Bonchev–Trinajstić information content (AvgIpc) is 3.08. The molecule has 0 aliphatic heterocycles. The molecule has 0 unspecified atom stereocenters. The van der Waals surface area contributed by atoms with E-state index < -0.39 is 0 Å². The van der Waals surface area contributed by atoms with Gasteiger partial charge in [0.05, 0.1) is 11.7 Å². The number of rotatable bonds is 12. The molecule has 5 nitrogen and oxygen atoms in total. The van der Waals surface area contributed by atoms with Crippen molar-refractivity contribution in [1.29, 1.82) is 0 Å². The van der Waals surface area contributed by atoms with Crippen LogP contribution in [0.5, 0.6) is 11.6 Å². The van der Waals surface area contributed by atoms with Gasteiger partial charge in [-0.15, -0.1) is 0 Å². The molecule has 0 amide bonds. The normalized spacial score (nSPS) is 12.3. The van der Waals surface area contributed by atoms with Crippen molar-refractivity contribution in [2.45, 2.75) is 59.1 Å². The summed E-state index contributed by atoms with van der Waals surface area (Å²) in [7, 11) is 1.93. The van der Waals surface area contributed by atoms with Gasteiger partial charge in [0.15, 0.2) is 0 Å². The largest absolute Gasteiger partial charge is 0.439 e. The van der Waals surface area contributed by atoms with Crippen LogP contribution >= 0.6 is 0 Å². The van der Waals surface area contributed by atoms with Gasteiger partial charge in [0.2, 0.25) is 5.88 Å². The molecule has 5 heteroatoms. The van der Waals surface area contributed by atoms with E-state index in [2.05, 4.69) is 43.9 Å². The van der Waals surface area contributed by atoms with E-state index in [0.29, 0.717) is 13.1 Å². The van der Waals surface area contributed by atoms with E-state index in [0.717, 1.165) is 66.2 Å².